The van der Waals surface area contributed by atoms with E-state index in [2.05, 4.69) is 6.07 Å². The first kappa shape index (κ1) is 14.1. The van der Waals surface area contributed by atoms with Gasteiger partial charge in [-0.15, -0.1) is 0 Å². The molecule has 0 spiro atoms. The number of benzene rings is 2. The average Bonchev–Trinajstić information content (AvgIpc) is 2.43. The molecule has 0 saturated carbocycles. The monoisotopic (exact) mass is 270 g/mol. The van der Waals surface area contributed by atoms with E-state index >= 15 is 0 Å². The molecule has 2 rings (SSSR count). The van der Waals surface area contributed by atoms with E-state index in [9.17, 15) is 4.79 Å². The molecule has 0 aromatic heterocycles. The zero-order chi connectivity index (χ0) is 14.5. The molecule has 0 aliphatic rings. The van der Waals surface area contributed by atoms with Gasteiger partial charge in [0.2, 0.25) is 0 Å². The highest BCUT2D eigenvalue weighted by Crippen LogP contribution is 2.23. The number of carbonyl (C=O) groups excluding carboxylic acids is 1. The van der Waals surface area contributed by atoms with Crippen LogP contribution in [0.5, 0.6) is 11.5 Å². The van der Waals surface area contributed by atoms with E-state index in [4.69, 9.17) is 9.47 Å². The molecule has 0 amide bonds. The van der Waals surface area contributed by atoms with Gasteiger partial charge in [-0.25, -0.2) is 0 Å². The fraction of sp³-hybridized carbons (Fsp3) is 0.235. The second-order valence-corrected chi connectivity index (χ2v) is 4.80. The Hall–Kier alpha value is -2.29. The standard InChI is InChI=1S/C17H18O3/c1-12-6-13(2)8-16(7-12)20-11-15-9-14(10-18)4-5-17(15)19-3/h4-10H,11H2,1-3H3. The Bertz CT molecular complexity index is 597. The molecule has 0 N–H and O–H groups in total. The van der Waals surface area contributed by atoms with E-state index in [0.29, 0.717) is 12.2 Å². The van der Waals surface area contributed by atoms with Crippen LogP contribution in [-0.2, 0) is 6.61 Å². The SMILES string of the molecule is COc1ccc(C=O)cc1COc1cc(C)cc(C)c1. The van der Waals surface area contributed by atoms with Crippen LogP contribution in [0.1, 0.15) is 27.0 Å². The van der Waals surface area contributed by atoms with Crippen molar-refractivity contribution in [3.05, 3.63) is 58.7 Å². The van der Waals surface area contributed by atoms with Crippen LogP contribution < -0.4 is 9.47 Å². The maximum absolute atomic E-state index is 10.8. The minimum Gasteiger partial charge on any atom is -0.496 e. The van der Waals surface area contributed by atoms with Crippen LogP contribution in [-0.4, -0.2) is 13.4 Å². The van der Waals surface area contributed by atoms with Gasteiger partial charge in [-0.05, 0) is 55.3 Å². The fourth-order valence-corrected chi connectivity index (χ4v) is 2.16. The second kappa shape index (κ2) is 6.24. The minimum absolute atomic E-state index is 0.369. The largest absolute Gasteiger partial charge is 0.496 e. The molecule has 0 heterocycles. The van der Waals surface area contributed by atoms with Crippen LogP contribution in [0.15, 0.2) is 36.4 Å². The minimum atomic E-state index is 0.369. The summed E-state index contributed by atoms with van der Waals surface area (Å²) >= 11 is 0. The van der Waals surface area contributed by atoms with Crippen LogP contribution in [0.3, 0.4) is 0 Å². The Morgan fingerprint density at radius 2 is 1.75 bits per heavy atom. The Kier molecular flexibility index (Phi) is 4.41. The zero-order valence-electron chi connectivity index (χ0n) is 12.0. The number of hydrogen-bond acceptors (Lipinski definition) is 3. The van der Waals surface area contributed by atoms with Gasteiger partial charge in [-0.2, -0.15) is 0 Å². The van der Waals surface area contributed by atoms with Crippen molar-refractivity contribution in [2.75, 3.05) is 7.11 Å². The number of ether oxygens (including phenoxy) is 2. The summed E-state index contributed by atoms with van der Waals surface area (Å²) in [5.74, 6) is 1.54. The summed E-state index contributed by atoms with van der Waals surface area (Å²) in [5, 5.41) is 0. The quantitative estimate of drug-likeness (QED) is 0.777. The predicted molar refractivity (Wildman–Crippen MR) is 78.6 cm³/mol. The van der Waals surface area contributed by atoms with Gasteiger partial charge in [0.1, 0.15) is 24.4 Å². The summed E-state index contributed by atoms with van der Waals surface area (Å²) in [7, 11) is 1.61. The smallest absolute Gasteiger partial charge is 0.150 e. The number of aldehydes is 1. The van der Waals surface area contributed by atoms with Crippen molar-refractivity contribution < 1.29 is 14.3 Å². The molecule has 20 heavy (non-hydrogen) atoms. The van der Waals surface area contributed by atoms with Crippen molar-refractivity contribution >= 4 is 6.29 Å². The molecule has 0 fully saturated rings. The van der Waals surface area contributed by atoms with Gasteiger partial charge in [0.15, 0.2) is 0 Å². The van der Waals surface area contributed by atoms with E-state index in [1.807, 2.05) is 26.0 Å². The molecule has 0 unspecified atom stereocenters. The summed E-state index contributed by atoms with van der Waals surface area (Å²) in [5.41, 5.74) is 3.79. The molecule has 0 bridgehead atoms. The fourth-order valence-electron chi connectivity index (χ4n) is 2.16. The summed E-state index contributed by atoms with van der Waals surface area (Å²) in [6.07, 6.45) is 0.819. The molecule has 0 radical (unpaired) electrons. The number of hydrogen-bond donors (Lipinski definition) is 0. The number of aryl methyl sites for hydroxylation is 2. The van der Waals surface area contributed by atoms with Crippen molar-refractivity contribution in [1.82, 2.24) is 0 Å². The molecule has 0 atom stereocenters. The lowest BCUT2D eigenvalue weighted by atomic mass is 10.1. The van der Waals surface area contributed by atoms with Crippen LogP contribution in [0.2, 0.25) is 0 Å². The molecule has 0 aliphatic heterocycles. The third-order valence-electron chi connectivity index (χ3n) is 3.03. The van der Waals surface area contributed by atoms with E-state index in [-0.39, 0.29) is 0 Å². The Morgan fingerprint density at radius 3 is 2.35 bits per heavy atom. The summed E-state index contributed by atoms with van der Waals surface area (Å²) < 4.78 is 11.1. The molecule has 3 heteroatoms. The molecular formula is C17H18O3. The maximum atomic E-state index is 10.8. The second-order valence-electron chi connectivity index (χ2n) is 4.80. The van der Waals surface area contributed by atoms with Gasteiger partial charge in [-0.3, -0.25) is 4.79 Å². The van der Waals surface area contributed by atoms with Crippen molar-refractivity contribution in [3.63, 3.8) is 0 Å². The molecule has 2 aromatic carbocycles. The van der Waals surface area contributed by atoms with E-state index in [1.54, 1.807) is 25.3 Å². The molecule has 104 valence electrons. The number of methoxy groups -OCH3 is 1. The normalized spacial score (nSPS) is 10.2. The third kappa shape index (κ3) is 3.38. The third-order valence-corrected chi connectivity index (χ3v) is 3.03. The van der Waals surface area contributed by atoms with Gasteiger partial charge in [-0.1, -0.05) is 6.07 Å². The highest BCUT2D eigenvalue weighted by atomic mass is 16.5. The highest BCUT2D eigenvalue weighted by molar-refractivity contribution is 5.75. The Balaban J connectivity index is 2.19. The summed E-state index contributed by atoms with van der Waals surface area (Å²) in [4.78, 5) is 10.8. The summed E-state index contributed by atoms with van der Waals surface area (Å²) in [6, 6.07) is 11.4. The first-order valence-corrected chi connectivity index (χ1v) is 6.45. The molecule has 0 saturated heterocycles. The topological polar surface area (TPSA) is 35.5 Å². The van der Waals surface area contributed by atoms with Gasteiger partial charge in [0.25, 0.3) is 0 Å². The molecular weight excluding hydrogens is 252 g/mol. The summed E-state index contributed by atoms with van der Waals surface area (Å²) in [6.45, 7) is 4.44. The van der Waals surface area contributed by atoms with Crippen molar-refractivity contribution in [2.24, 2.45) is 0 Å². The Labute approximate surface area is 119 Å². The van der Waals surface area contributed by atoms with Crippen LogP contribution >= 0.6 is 0 Å². The van der Waals surface area contributed by atoms with Gasteiger partial charge in [0, 0.05) is 11.1 Å². The lowest BCUT2D eigenvalue weighted by molar-refractivity contribution is 0.112. The number of carbonyl (C=O) groups is 1. The Morgan fingerprint density at radius 1 is 1.05 bits per heavy atom. The van der Waals surface area contributed by atoms with Gasteiger partial charge >= 0.3 is 0 Å². The van der Waals surface area contributed by atoms with Crippen molar-refractivity contribution in [3.8, 4) is 11.5 Å². The molecule has 3 nitrogen and oxygen atoms in total. The van der Waals surface area contributed by atoms with Crippen LogP contribution in [0.25, 0.3) is 0 Å². The lowest BCUT2D eigenvalue weighted by Crippen LogP contribution is -2.00. The van der Waals surface area contributed by atoms with E-state index in [1.165, 1.54) is 0 Å². The predicted octanol–water partition coefficient (Wildman–Crippen LogP) is 3.70. The average molecular weight is 270 g/mol. The first-order valence-electron chi connectivity index (χ1n) is 6.45. The molecule has 0 aliphatic carbocycles. The molecule has 2 aromatic rings. The van der Waals surface area contributed by atoms with Crippen LogP contribution in [0.4, 0.5) is 0 Å². The van der Waals surface area contributed by atoms with Gasteiger partial charge < -0.3 is 9.47 Å². The first-order chi connectivity index (χ1) is 9.62. The number of rotatable bonds is 5. The maximum Gasteiger partial charge on any atom is 0.150 e. The lowest BCUT2D eigenvalue weighted by Gasteiger charge is -2.12. The van der Waals surface area contributed by atoms with E-state index in [0.717, 1.165) is 34.5 Å². The van der Waals surface area contributed by atoms with Crippen molar-refractivity contribution in [2.45, 2.75) is 20.5 Å². The van der Waals surface area contributed by atoms with Crippen LogP contribution in [0, 0.1) is 13.8 Å². The van der Waals surface area contributed by atoms with Gasteiger partial charge in [0.05, 0.1) is 7.11 Å². The zero-order valence-corrected chi connectivity index (χ0v) is 12.0. The highest BCUT2D eigenvalue weighted by Gasteiger charge is 2.06. The van der Waals surface area contributed by atoms with Crippen molar-refractivity contribution in [1.29, 1.82) is 0 Å². The van der Waals surface area contributed by atoms with E-state index < -0.39 is 0 Å².